The summed E-state index contributed by atoms with van der Waals surface area (Å²) in [7, 11) is -2.56. The molecule has 0 radical (unpaired) electrons. The minimum Gasteiger partial charge on any atom is -0.462 e. The number of hydrogen-bond donors (Lipinski definition) is 1. The molecule has 146 valence electrons. The monoisotopic (exact) mass is 395 g/mol. The Kier molecular flexibility index (Phi) is 7.84. The minimum atomic E-state index is -4.60. The van der Waals surface area contributed by atoms with Gasteiger partial charge in [-0.3, -0.25) is 9.36 Å². The predicted octanol–water partition coefficient (Wildman–Crippen LogP) is 4.16. The van der Waals surface area contributed by atoms with E-state index < -0.39 is 31.0 Å². The molecule has 0 aromatic heterocycles. The van der Waals surface area contributed by atoms with Crippen molar-refractivity contribution in [1.82, 2.24) is 0 Å². The Morgan fingerprint density at radius 2 is 1.77 bits per heavy atom. The maximum Gasteiger partial charge on any atom is 0.416 e. The summed E-state index contributed by atoms with van der Waals surface area (Å²) in [5.74, 6) is -1.46. The number of esters is 1. The second-order valence-electron chi connectivity index (χ2n) is 5.87. The Balaban J connectivity index is 2.69. The minimum absolute atomic E-state index is 0.0143. The number of benzene rings is 1. The number of carbonyl (C=O) groups excluding carboxylic acids is 2. The maximum atomic E-state index is 12.8. The van der Waals surface area contributed by atoms with E-state index in [1.54, 1.807) is 0 Å². The van der Waals surface area contributed by atoms with Crippen molar-refractivity contribution in [3.8, 4) is 0 Å². The molecular weight excluding hydrogens is 374 g/mol. The lowest BCUT2D eigenvalue weighted by Crippen LogP contribution is -2.15. The van der Waals surface area contributed by atoms with E-state index in [4.69, 9.17) is 9.26 Å². The Labute approximate surface area is 149 Å². The summed E-state index contributed by atoms with van der Waals surface area (Å²) in [6.07, 6.45) is -3.67. The van der Waals surface area contributed by atoms with Crippen LogP contribution in [0.3, 0.4) is 0 Å². The summed E-state index contributed by atoms with van der Waals surface area (Å²) >= 11 is 0. The highest BCUT2D eigenvalue weighted by atomic mass is 31.2. The van der Waals surface area contributed by atoms with Gasteiger partial charge in [-0.2, -0.15) is 13.2 Å². The lowest BCUT2D eigenvalue weighted by Gasteiger charge is -2.13. The summed E-state index contributed by atoms with van der Waals surface area (Å²) in [6, 6.07) is 2.39. The average molecular weight is 395 g/mol. The SMILES string of the molecule is CC(=O)Nc1cc(C(F)(F)F)ccc1C(=O)OCCCCOP(C)(C)=O. The summed E-state index contributed by atoms with van der Waals surface area (Å²) in [5, 5.41) is 2.20. The van der Waals surface area contributed by atoms with Gasteiger partial charge in [0.05, 0.1) is 30.0 Å². The lowest BCUT2D eigenvalue weighted by atomic mass is 10.1. The topological polar surface area (TPSA) is 81.7 Å². The van der Waals surface area contributed by atoms with Gasteiger partial charge in [-0.15, -0.1) is 0 Å². The van der Waals surface area contributed by atoms with E-state index in [-0.39, 0.29) is 24.5 Å². The van der Waals surface area contributed by atoms with Crippen molar-refractivity contribution in [2.45, 2.75) is 25.9 Å². The van der Waals surface area contributed by atoms with E-state index in [0.717, 1.165) is 19.1 Å². The molecule has 1 aromatic rings. The first-order chi connectivity index (χ1) is 11.9. The predicted molar refractivity (Wildman–Crippen MR) is 90.7 cm³/mol. The molecule has 0 atom stereocenters. The molecule has 0 unspecified atom stereocenters. The summed E-state index contributed by atoms with van der Waals surface area (Å²) < 4.78 is 59.8. The molecular formula is C16H21F3NO5P. The molecule has 0 aliphatic heterocycles. The van der Waals surface area contributed by atoms with Crippen LogP contribution in [0, 0.1) is 0 Å². The van der Waals surface area contributed by atoms with E-state index in [9.17, 15) is 27.3 Å². The third-order valence-electron chi connectivity index (χ3n) is 3.05. The van der Waals surface area contributed by atoms with Gasteiger partial charge in [0.1, 0.15) is 0 Å². The zero-order chi connectivity index (χ0) is 20.0. The number of hydrogen-bond acceptors (Lipinski definition) is 5. The zero-order valence-electron chi connectivity index (χ0n) is 14.7. The quantitative estimate of drug-likeness (QED) is 0.406. The first kappa shape index (κ1) is 22.2. The second kappa shape index (κ2) is 9.19. The molecule has 0 saturated carbocycles. The fourth-order valence-corrected chi connectivity index (χ4v) is 2.49. The summed E-state index contributed by atoms with van der Waals surface area (Å²) in [4.78, 5) is 23.3. The molecule has 0 fully saturated rings. The normalized spacial score (nSPS) is 11.9. The fraction of sp³-hybridized carbons (Fsp3) is 0.500. The smallest absolute Gasteiger partial charge is 0.416 e. The van der Waals surface area contributed by atoms with Crippen LogP contribution < -0.4 is 5.32 Å². The Bertz CT molecular complexity index is 700. The maximum absolute atomic E-state index is 12.8. The number of rotatable bonds is 8. The largest absolute Gasteiger partial charge is 0.462 e. The molecule has 1 aromatic carbocycles. The Morgan fingerprint density at radius 1 is 1.15 bits per heavy atom. The number of unbranched alkanes of at least 4 members (excludes halogenated alkanes) is 1. The fourth-order valence-electron chi connectivity index (χ4n) is 1.92. The van der Waals surface area contributed by atoms with Crippen LogP contribution in [0.1, 0.15) is 35.7 Å². The van der Waals surface area contributed by atoms with Crippen molar-refractivity contribution >= 4 is 24.9 Å². The molecule has 0 aliphatic carbocycles. The molecule has 26 heavy (non-hydrogen) atoms. The molecule has 0 saturated heterocycles. The number of ether oxygens (including phenoxy) is 1. The van der Waals surface area contributed by atoms with Gasteiger partial charge in [-0.05, 0) is 31.0 Å². The van der Waals surface area contributed by atoms with Gasteiger partial charge in [0.2, 0.25) is 5.91 Å². The molecule has 1 rings (SSSR count). The first-order valence-corrected chi connectivity index (χ1v) is 10.3. The van der Waals surface area contributed by atoms with Crippen LogP contribution >= 0.6 is 7.37 Å². The standard InChI is InChI=1S/C16H21F3NO5P/c1-11(21)20-14-10-12(16(17,18)19)6-7-13(14)15(22)24-8-4-5-9-25-26(2,3)23/h6-7,10H,4-5,8-9H2,1-3H3,(H,20,21). The lowest BCUT2D eigenvalue weighted by molar-refractivity contribution is -0.137. The Morgan fingerprint density at radius 3 is 2.31 bits per heavy atom. The molecule has 1 N–H and O–H groups in total. The summed E-state index contributed by atoms with van der Waals surface area (Å²) in [6.45, 7) is 4.36. The van der Waals surface area contributed by atoms with Gasteiger partial charge in [-0.1, -0.05) is 0 Å². The van der Waals surface area contributed by atoms with Gasteiger partial charge in [0.15, 0.2) is 7.37 Å². The molecule has 6 nitrogen and oxygen atoms in total. The van der Waals surface area contributed by atoms with Crippen LogP contribution in [0.5, 0.6) is 0 Å². The van der Waals surface area contributed by atoms with E-state index >= 15 is 0 Å². The number of carbonyl (C=O) groups is 2. The molecule has 0 heterocycles. The highest BCUT2D eigenvalue weighted by molar-refractivity contribution is 7.57. The van der Waals surface area contributed by atoms with Crippen molar-refractivity contribution in [3.63, 3.8) is 0 Å². The highest BCUT2D eigenvalue weighted by Gasteiger charge is 2.31. The molecule has 1 amide bonds. The van der Waals surface area contributed by atoms with Crippen LogP contribution in [-0.4, -0.2) is 38.4 Å². The zero-order valence-corrected chi connectivity index (χ0v) is 15.6. The van der Waals surface area contributed by atoms with E-state index in [1.165, 1.54) is 13.3 Å². The number of amides is 1. The van der Waals surface area contributed by atoms with Gasteiger partial charge in [0.25, 0.3) is 0 Å². The first-order valence-electron chi connectivity index (χ1n) is 7.75. The van der Waals surface area contributed by atoms with Gasteiger partial charge in [-0.25, -0.2) is 4.79 Å². The van der Waals surface area contributed by atoms with Crippen LogP contribution in [0.25, 0.3) is 0 Å². The van der Waals surface area contributed by atoms with Gasteiger partial charge < -0.3 is 14.6 Å². The van der Waals surface area contributed by atoms with Gasteiger partial charge >= 0.3 is 12.1 Å². The van der Waals surface area contributed by atoms with E-state index in [0.29, 0.717) is 18.9 Å². The summed E-state index contributed by atoms with van der Waals surface area (Å²) in [5.41, 5.74) is -1.42. The molecule has 0 bridgehead atoms. The number of anilines is 1. The average Bonchev–Trinajstić information content (AvgIpc) is 2.47. The van der Waals surface area contributed by atoms with Crippen molar-refractivity contribution in [3.05, 3.63) is 29.3 Å². The van der Waals surface area contributed by atoms with Crippen molar-refractivity contribution in [2.75, 3.05) is 31.9 Å². The Hall–Kier alpha value is -1.86. The van der Waals surface area contributed by atoms with E-state index in [1.807, 2.05) is 0 Å². The number of alkyl halides is 3. The molecule has 10 heteroatoms. The number of halogens is 3. The third kappa shape index (κ3) is 8.01. The van der Waals surface area contributed by atoms with Crippen LogP contribution in [-0.2, 0) is 24.8 Å². The van der Waals surface area contributed by atoms with Crippen molar-refractivity contribution < 1.29 is 36.6 Å². The highest BCUT2D eigenvalue weighted by Crippen LogP contribution is 2.37. The van der Waals surface area contributed by atoms with Crippen molar-refractivity contribution in [1.29, 1.82) is 0 Å². The van der Waals surface area contributed by atoms with Crippen LogP contribution in [0.4, 0.5) is 18.9 Å². The van der Waals surface area contributed by atoms with E-state index in [2.05, 4.69) is 5.32 Å². The third-order valence-corrected chi connectivity index (χ3v) is 3.86. The van der Waals surface area contributed by atoms with Crippen molar-refractivity contribution in [2.24, 2.45) is 0 Å². The van der Waals surface area contributed by atoms with Gasteiger partial charge in [0, 0.05) is 20.3 Å². The molecule has 0 aliphatic rings. The number of nitrogens with one attached hydrogen (secondary N) is 1. The van der Waals surface area contributed by atoms with Crippen LogP contribution in [0.15, 0.2) is 18.2 Å². The molecule has 0 spiro atoms. The van der Waals surface area contributed by atoms with Crippen LogP contribution in [0.2, 0.25) is 0 Å². The second-order valence-corrected chi connectivity index (χ2v) is 8.63.